The van der Waals surface area contributed by atoms with Crippen molar-refractivity contribution in [2.24, 2.45) is 0 Å². The molecule has 0 aliphatic carbocycles. The van der Waals surface area contributed by atoms with Crippen LogP contribution in [0.1, 0.15) is 27.2 Å². The molecule has 1 rings (SSSR count). The van der Waals surface area contributed by atoms with E-state index in [1.807, 2.05) is 6.92 Å². The second-order valence-corrected chi connectivity index (χ2v) is 6.84. The molecule has 2 atom stereocenters. The summed E-state index contributed by atoms with van der Waals surface area (Å²) in [6.07, 6.45) is 1.27. The standard InChI is InChI=1S/C8H18N2Si/c1-6-4-8(3,11)5-10(6)7(2)9/h6,9H,4-5H2,1-3,11H3/t6?,8-/m1/s1. The minimum atomic E-state index is 0.543. The SMILES string of the molecule is CC(=N)N1C[C@](C)([SiH3])CC1C. The molecule has 2 nitrogen and oxygen atoms in total. The summed E-state index contributed by atoms with van der Waals surface area (Å²) in [5, 5.41) is 8.08. The van der Waals surface area contributed by atoms with Crippen molar-refractivity contribution in [3.05, 3.63) is 0 Å². The molecule has 1 N–H and O–H groups in total. The first-order valence-electron chi connectivity index (χ1n) is 4.24. The number of hydrogen-bond acceptors (Lipinski definition) is 1. The quantitative estimate of drug-likeness (QED) is 0.322. The van der Waals surface area contributed by atoms with Gasteiger partial charge < -0.3 is 4.90 Å². The number of rotatable bonds is 0. The summed E-state index contributed by atoms with van der Waals surface area (Å²) in [6, 6.07) is 0.593. The number of nitrogens with zero attached hydrogens (tertiary/aromatic N) is 1. The molecule has 0 spiro atoms. The zero-order valence-corrected chi connectivity index (χ0v) is 9.94. The third kappa shape index (κ3) is 1.83. The van der Waals surface area contributed by atoms with Gasteiger partial charge in [-0.15, -0.1) is 0 Å². The largest absolute Gasteiger partial charge is 0.358 e. The van der Waals surface area contributed by atoms with E-state index in [2.05, 4.69) is 18.7 Å². The molecule has 0 aromatic carbocycles. The van der Waals surface area contributed by atoms with Crippen LogP contribution in [-0.2, 0) is 0 Å². The average Bonchev–Trinajstić information content (AvgIpc) is 2.05. The Morgan fingerprint density at radius 3 is 2.45 bits per heavy atom. The number of nitrogens with one attached hydrogen (secondary N) is 1. The fourth-order valence-electron chi connectivity index (χ4n) is 2.04. The highest BCUT2D eigenvalue weighted by molar-refractivity contribution is 6.15. The molecule has 0 bridgehead atoms. The molecular weight excluding hydrogens is 152 g/mol. The van der Waals surface area contributed by atoms with Crippen LogP contribution < -0.4 is 0 Å². The predicted molar refractivity (Wildman–Crippen MR) is 52.5 cm³/mol. The summed E-state index contributed by atoms with van der Waals surface area (Å²) < 4.78 is 0. The molecule has 0 amide bonds. The lowest BCUT2D eigenvalue weighted by Crippen LogP contribution is -2.31. The van der Waals surface area contributed by atoms with Gasteiger partial charge in [0.25, 0.3) is 0 Å². The zero-order valence-electron chi connectivity index (χ0n) is 7.94. The summed E-state index contributed by atoms with van der Waals surface area (Å²) >= 11 is 0. The fourth-order valence-corrected chi connectivity index (χ4v) is 2.97. The van der Waals surface area contributed by atoms with Gasteiger partial charge in [-0.25, -0.2) is 0 Å². The number of amidine groups is 1. The molecule has 1 fully saturated rings. The lowest BCUT2D eigenvalue weighted by Gasteiger charge is -2.22. The van der Waals surface area contributed by atoms with Crippen LogP contribution in [-0.4, -0.2) is 33.6 Å². The Kier molecular flexibility index (Phi) is 2.10. The van der Waals surface area contributed by atoms with Gasteiger partial charge in [0, 0.05) is 22.8 Å². The third-order valence-corrected chi connectivity index (χ3v) is 3.13. The second-order valence-electron chi connectivity index (χ2n) is 4.43. The van der Waals surface area contributed by atoms with E-state index in [-0.39, 0.29) is 0 Å². The van der Waals surface area contributed by atoms with Gasteiger partial charge in [0.05, 0.1) is 5.84 Å². The van der Waals surface area contributed by atoms with Crippen molar-refractivity contribution in [3.63, 3.8) is 0 Å². The Morgan fingerprint density at radius 1 is 1.73 bits per heavy atom. The Labute approximate surface area is 71.9 Å². The monoisotopic (exact) mass is 170 g/mol. The first kappa shape index (κ1) is 8.78. The maximum absolute atomic E-state index is 7.54. The van der Waals surface area contributed by atoms with Crippen molar-refractivity contribution in [2.75, 3.05) is 6.54 Å². The van der Waals surface area contributed by atoms with E-state index in [1.165, 1.54) is 16.7 Å². The van der Waals surface area contributed by atoms with E-state index in [4.69, 9.17) is 5.41 Å². The molecular formula is C8H18N2Si. The van der Waals surface area contributed by atoms with Gasteiger partial charge >= 0.3 is 0 Å². The molecule has 0 radical (unpaired) electrons. The van der Waals surface area contributed by atoms with Crippen LogP contribution in [0, 0.1) is 5.41 Å². The van der Waals surface area contributed by atoms with Crippen LogP contribution in [0.3, 0.4) is 0 Å². The Balaban J connectivity index is 2.66. The summed E-state index contributed by atoms with van der Waals surface area (Å²) in [6.45, 7) is 7.55. The molecule has 0 aromatic heterocycles. The molecule has 64 valence electrons. The minimum absolute atomic E-state index is 0.543. The van der Waals surface area contributed by atoms with E-state index >= 15 is 0 Å². The van der Waals surface area contributed by atoms with E-state index in [9.17, 15) is 0 Å². The molecule has 1 heterocycles. The predicted octanol–water partition coefficient (Wildman–Crippen LogP) is 0.622. The van der Waals surface area contributed by atoms with Gasteiger partial charge in [-0.2, -0.15) is 0 Å². The summed E-state index contributed by atoms with van der Waals surface area (Å²) in [7, 11) is 1.25. The van der Waals surface area contributed by atoms with Crippen molar-refractivity contribution in [1.29, 1.82) is 5.41 Å². The fraction of sp³-hybridized carbons (Fsp3) is 0.875. The second kappa shape index (κ2) is 2.63. The molecule has 1 aliphatic rings. The van der Waals surface area contributed by atoms with Crippen molar-refractivity contribution >= 4 is 16.1 Å². The number of likely N-dealkylation sites (tertiary alicyclic amines) is 1. The van der Waals surface area contributed by atoms with Gasteiger partial charge in [0.1, 0.15) is 0 Å². The highest BCUT2D eigenvalue weighted by atomic mass is 28.1. The van der Waals surface area contributed by atoms with E-state index < -0.39 is 0 Å². The lowest BCUT2D eigenvalue weighted by molar-refractivity contribution is 0.407. The topological polar surface area (TPSA) is 27.1 Å². The van der Waals surface area contributed by atoms with Gasteiger partial charge in [-0.1, -0.05) is 6.92 Å². The third-order valence-electron chi connectivity index (χ3n) is 2.41. The van der Waals surface area contributed by atoms with E-state index in [0.717, 1.165) is 12.4 Å². The molecule has 0 aromatic rings. The van der Waals surface area contributed by atoms with Gasteiger partial charge in [-0.05, 0) is 25.3 Å². The van der Waals surface area contributed by atoms with Crippen molar-refractivity contribution < 1.29 is 0 Å². The van der Waals surface area contributed by atoms with Gasteiger partial charge in [0.2, 0.25) is 0 Å². The van der Waals surface area contributed by atoms with Gasteiger partial charge in [0.15, 0.2) is 0 Å². The lowest BCUT2D eigenvalue weighted by atomic mass is 10.1. The van der Waals surface area contributed by atoms with E-state index in [0.29, 0.717) is 11.1 Å². The Hall–Kier alpha value is -0.313. The van der Waals surface area contributed by atoms with Crippen molar-refractivity contribution in [1.82, 2.24) is 4.90 Å². The van der Waals surface area contributed by atoms with Crippen LogP contribution >= 0.6 is 0 Å². The zero-order chi connectivity index (χ0) is 8.65. The normalized spacial score (nSPS) is 38.1. The minimum Gasteiger partial charge on any atom is -0.358 e. The molecule has 3 heteroatoms. The van der Waals surface area contributed by atoms with E-state index in [1.54, 1.807) is 0 Å². The van der Waals surface area contributed by atoms with Gasteiger partial charge in [-0.3, -0.25) is 5.41 Å². The summed E-state index contributed by atoms with van der Waals surface area (Å²) in [4.78, 5) is 2.22. The maximum Gasteiger partial charge on any atom is 0.0928 e. The molecule has 0 saturated carbocycles. The molecule has 1 aliphatic heterocycles. The van der Waals surface area contributed by atoms with Crippen LogP contribution in [0.5, 0.6) is 0 Å². The van der Waals surface area contributed by atoms with Crippen LogP contribution in [0.2, 0.25) is 5.04 Å². The Bertz CT molecular complexity index is 177. The average molecular weight is 170 g/mol. The number of hydrogen-bond donors (Lipinski definition) is 1. The molecule has 1 unspecified atom stereocenters. The van der Waals surface area contributed by atoms with Crippen molar-refractivity contribution in [2.45, 2.75) is 38.3 Å². The maximum atomic E-state index is 7.54. The summed E-state index contributed by atoms with van der Waals surface area (Å²) in [5.74, 6) is 0.733. The first-order chi connectivity index (χ1) is 4.92. The van der Waals surface area contributed by atoms with Crippen LogP contribution in [0.25, 0.3) is 0 Å². The molecule has 1 saturated heterocycles. The Morgan fingerprint density at radius 2 is 2.27 bits per heavy atom. The first-order valence-corrected chi connectivity index (χ1v) is 5.24. The van der Waals surface area contributed by atoms with Crippen molar-refractivity contribution in [3.8, 4) is 0 Å². The van der Waals surface area contributed by atoms with Crippen LogP contribution in [0.15, 0.2) is 0 Å². The molecule has 11 heavy (non-hydrogen) atoms. The van der Waals surface area contributed by atoms with Crippen LogP contribution in [0.4, 0.5) is 0 Å². The smallest absolute Gasteiger partial charge is 0.0928 e. The summed E-state index contributed by atoms with van der Waals surface area (Å²) in [5.41, 5.74) is 0. The highest BCUT2D eigenvalue weighted by Crippen LogP contribution is 2.37. The highest BCUT2D eigenvalue weighted by Gasteiger charge is 2.34.